The van der Waals surface area contributed by atoms with Crippen LogP contribution in [0.1, 0.15) is 5.56 Å². The van der Waals surface area contributed by atoms with Gasteiger partial charge in [0, 0.05) is 7.05 Å². The summed E-state index contributed by atoms with van der Waals surface area (Å²) in [7, 11) is 1.62. The van der Waals surface area contributed by atoms with Crippen LogP contribution in [0.2, 0.25) is 0 Å². The molecule has 1 aromatic carbocycles. The highest BCUT2D eigenvalue weighted by atomic mass is 16.3. The summed E-state index contributed by atoms with van der Waals surface area (Å²) in [6.07, 6.45) is 5.55. The number of nitrogens with zero attached hydrogens (tertiary/aromatic N) is 1. The second-order valence-corrected chi connectivity index (χ2v) is 3.88. The van der Waals surface area contributed by atoms with E-state index in [0.717, 1.165) is 5.56 Å². The first-order valence-electron chi connectivity index (χ1n) is 5.26. The van der Waals surface area contributed by atoms with E-state index in [1.807, 2.05) is 0 Å². The van der Waals surface area contributed by atoms with Crippen molar-refractivity contribution in [1.82, 2.24) is 4.90 Å². The van der Waals surface area contributed by atoms with E-state index in [9.17, 15) is 4.79 Å². The largest absolute Gasteiger partial charge is 0.508 e. The average molecular weight is 232 g/mol. The summed E-state index contributed by atoms with van der Waals surface area (Å²) in [5, 5.41) is 9.13. The Morgan fingerprint density at radius 2 is 2.12 bits per heavy atom. The quantitative estimate of drug-likeness (QED) is 0.736. The number of aromatic hydroxyl groups is 1. The molecule has 90 valence electrons. The number of benzene rings is 1. The van der Waals surface area contributed by atoms with Crippen molar-refractivity contribution in [3.8, 4) is 18.1 Å². The molecule has 1 unspecified atom stereocenters. The van der Waals surface area contributed by atoms with Gasteiger partial charge in [-0.25, -0.2) is 0 Å². The minimum absolute atomic E-state index is 0.184. The van der Waals surface area contributed by atoms with E-state index in [1.165, 1.54) is 4.90 Å². The van der Waals surface area contributed by atoms with Crippen LogP contribution in [-0.4, -0.2) is 35.5 Å². The molecule has 0 aliphatic carbocycles. The molecule has 1 aromatic rings. The van der Waals surface area contributed by atoms with Gasteiger partial charge in [0.1, 0.15) is 5.75 Å². The maximum Gasteiger partial charge on any atom is 0.240 e. The summed E-state index contributed by atoms with van der Waals surface area (Å²) in [5.74, 6) is 2.40. The van der Waals surface area contributed by atoms with Crippen molar-refractivity contribution in [2.24, 2.45) is 5.73 Å². The number of carbonyl (C=O) groups is 1. The minimum Gasteiger partial charge on any atom is -0.508 e. The molecule has 0 aromatic heterocycles. The molecule has 3 N–H and O–H groups in total. The van der Waals surface area contributed by atoms with Crippen LogP contribution in [0.15, 0.2) is 24.3 Å². The van der Waals surface area contributed by atoms with Crippen LogP contribution in [0.3, 0.4) is 0 Å². The molecule has 4 heteroatoms. The average Bonchev–Trinajstić information content (AvgIpc) is 2.31. The Hall–Kier alpha value is -1.99. The highest BCUT2D eigenvalue weighted by Gasteiger charge is 2.17. The first kappa shape index (κ1) is 13.1. The molecule has 0 fully saturated rings. The molecule has 1 rings (SSSR count). The third-order valence-electron chi connectivity index (χ3n) is 2.41. The lowest BCUT2D eigenvalue weighted by atomic mass is 10.1. The number of likely N-dealkylation sites (N-methyl/N-ethyl adjacent to an activating group) is 1. The summed E-state index contributed by atoms with van der Waals surface area (Å²) in [6.45, 7) is 0.252. The molecule has 0 spiro atoms. The Morgan fingerprint density at radius 1 is 1.53 bits per heavy atom. The maximum atomic E-state index is 11.8. The van der Waals surface area contributed by atoms with Crippen molar-refractivity contribution < 1.29 is 9.90 Å². The first-order chi connectivity index (χ1) is 8.04. The zero-order chi connectivity index (χ0) is 12.8. The van der Waals surface area contributed by atoms with Crippen LogP contribution >= 0.6 is 0 Å². The third-order valence-corrected chi connectivity index (χ3v) is 2.41. The van der Waals surface area contributed by atoms with Crippen molar-refractivity contribution in [2.75, 3.05) is 13.6 Å². The zero-order valence-corrected chi connectivity index (χ0v) is 9.76. The lowest BCUT2D eigenvalue weighted by Gasteiger charge is -2.19. The molecule has 0 aliphatic rings. The number of hydrogen-bond donors (Lipinski definition) is 2. The molecule has 17 heavy (non-hydrogen) atoms. The van der Waals surface area contributed by atoms with E-state index in [0.29, 0.717) is 6.42 Å². The summed E-state index contributed by atoms with van der Waals surface area (Å²) in [4.78, 5) is 13.2. The van der Waals surface area contributed by atoms with E-state index in [4.69, 9.17) is 17.3 Å². The predicted molar refractivity (Wildman–Crippen MR) is 66.3 cm³/mol. The summed E-state index contributed by atoms with van der Waals surface area (Å²) in [5.41, 5.74) is 6.70. The Kier molecular flexibility index (Phi) is 4.56. The Labute approximate surface area is 101 Å². The van der Waals surface area contributed by atoms with E-state index < -0.39 is 6.04 Å². The number of carbonyl (C=O) groups excluding carboxylic acids is 1. The first-order valence-corrected chi connectivity index (χ1v) is 5.26. The molecular formula is C13H16N2O2. The van der Waals surface area contributed by atoms with Crippen molar-refractivity contribution in [3.63, 3.8) is 0 Å². The van der Waals surface area contributed by atoms with E-state index >= 15 is 0 Å². The number of phenolic OH excluding ortho intramolecular Hbond substituents is 1. The van der Waals surface area contributed by atoms with Crippen LogP contribution in [-0.2, 0) is 11.2 Å². The summed E-state index contributed by atoms with van der Waals surface area (Å²) in [6, 6.07) is 6.00. The Morgan fingerprint density at radius 3 is 2.65 bits per heavy atom. The van der Waals surface area contributed by atoms with Crippen LogP contribution in [0, 0.1) is 12.3 Å². The fourth-order valence-electron chi connectivity index (χ4n) is 1.47. The number of phenols is 1. The molecule has 1 atom stereocenters. The number of terminal acetylenes is 1. The zero-order valence-electron chi connectivity index (χ0n) is 9.76. The van der Waals surface area contributed by atoms with Crippen LogP contribution in [0.5, 0.6) is 5.75 Å². The topological polar surface area (TPSA) is 66.6 Å². The molecule has 0 saturated carbocycles. The monoisotopic (exact) mass is 232 g/mol. The predicted octanol–water partition coefficient (Wildman–Crippen LogP) is 0.354. The maximum absolute atomic E-state index is 11.8. The van der Waals surface area contributed by atoms with Gasteiger partial charge < -0.3 is 15.7 Å². The van der Waals surface area contributed by atoms with Crippen molar-refractivity contribution in [2.45, 2.75) is 12.5 Å². The summed E-state index contributed by atoms with van der Waals surface area (Å²) < 4.78 is 0. The third kappa shape index (κ3) is 3.82. The van der Waals surface area contributed by atoms with Gasteiger partial charge in [0.25, 0.3) is 0 Å². The van der Waals surface area contributed by atoms with E-state index in [1.54, 1.807) is 31.3 Å². The lowest BCUT2D eigenvalue weighted by Crippen LogP contribution is -2.43. The Balaban J connectivity index is 2.60. The van der Waals surface area contributed by atoms with Crippen molar-refractivity contribution >= 4 is 5.91 Å². The summed E-state index contributed by atoms with van der Waals surface area (Å²) >= 11 is 0. The molecule has 0 saturated heterocycles. The van der Waals surface area contributed by atoms with Crippen LogP contribution in [0.25, 0.3) is 0 Å². The van der Waals surface area contributed by atoms with Gasteiger partial charge in [-0.05, 0) is 24.1 Å². The van der Waals surface area contributed by atoms with Crippen molar-refractivity contribution in [1.29, 1.82) is 0 Å². The number of rotatable bonds is 4. The van der Waals surface area contributed by atoms with Crippen LogP contribution < -0.4 is 5.73 Å². The van der Waals surface area contributed by atoms with Gasteiger partial charge in [0.05, 0.1) is 12.6 Å². The van der Waals surface area contributed by atoms with E-state index in [-0.39, 0.29) is 18.2 Å². The second-order valence-electron chi connectivity index (χ2n) is 3.88. The number of nitrogens with two attached hydrogens (primary N) is 1. The van der Waals surface area contributed by atoms with Crippen molar-refractivity contribution in [3.05, 3.63) is 29.8 Å². The standard InChI is InChI=1S/C13H16N2O2/c1-3-8-15(2)13(17)12(14)9-10-4-6-11(16)7-5-10/h1,4-7,12,16H,8-9,14H2,2H3. The highest BCUT2D eigenvalue weighted by molar-refractivity contribution is 5.82. The molecule has 0 bridgehead atoms. The molecule has 1 amide bonds. The van der Waals surface area contributed by atoms with Gasteiger partial charge >= 0.3 is 0 Å². The van der Waals surface area contributed by atoms with Gasteiger partial charge in [0.2, 0.25) is 5.91 Å². The van der Waals surface area contributed by atoms with Gasteiger partial charge in [0.15, 0.2) is 0 Å². The fraction of sp³-hybridized carbons (Fsp3) is 0.308. The second kappa shape index (κ2) is 5.92. The molecule has 0 aliphatic heterocycles. The van der Waals surface area contributed by atoms with Gasteiger partial charge in [-0.3, -0.25) is 4.79 Å². The number of amides is 1. The SMILES string of the molecule is C#CCN(C)C(=O)C(N)Cc1ccc(O)cc1. The number of hydrogen-bond acceptors (Lipinski definition) is 3. The Bertz CT molecular complexity index is 420. The van der Waals surface area contributed by atoms with Gasteiger partial charge in [-0.15, -0.1) is 6.42 Å². The fourth-order valence-corrected chi connectivity index (χ4v) is 1.47. The minimum atomic E-state index is -0.613. The molecule has 0 radical (unpaired) electrons. The van der Waals surface area contributed by atoms with E-state index in [2.05, 4.69) is 5.92 Å². The lowest BCUT2D eigenvalue weighted by molar-refractivity contribution is -0.130. The highest BCUT2D eigenvalue weighted by Crippen LogP contribution is 2.11. The molecule has 4 nitrogen and oxygen atoms in total. The van der Waals surface area contributed by atoms with Crippen LogP contribution in [0.4, 0.5) is 0 Å². The van der Waals surface area contributed by atoms with Gasteiger partial charge in [-0.1, -0.05) is 18.1 Å². The smallest absolute Gasteiger partial charge is 0.240 e. The molecular weight excluding hydrogens is 216 g/mol. The van der Waals surface area contributed by atoms with Gasteiger partial charge in [-0.2, -0.15) is 0 Å². The normalized spacial score (nSPS) is 11.6. The molecule has 0 heterocycles.